The van der Waals surface area contributed by atoms with Crippen LogP contribution in [0, 0.1) is 5.82 Å². The van der Waals surface area contributed by atoms with Crippen LogP contribution < -0.4 is 5.32 Å². The van der Waals surface area contributed by atoms with Crippen LogP contribution in [0.2, 0.25) is 0 Å². The lowest BCUT2D eigenvalue weighted by atomic mass is 10.0. The molecule has 0 saturated carbocycles. The van der Waals surface area contributed by atoms with E-state index in [2.05, 4.69) is 15.0 Å². The van der Waals surface area contributed by atoms with E-state index in [1.165, 1.54) is 29.0 Å². The Balaban J connectivity index is 1.65. The average molecular weight is 322 g/mol. The van der Waals surface area contributed by atoms with Crippen molar-refractivity contribution in [1.29, 1.82) is 0 Å². The largest absolute Gasteiger partial charge is 0.312 e. The molecule has 0 amide bonds. The van der Waals surface area contributed by atoms with Gasteiger partial charge in [-0.15, -0.1) is 0 Å². The zero-order valence-corrected chi connectivity index (χ0v) is 13.4. The summed E-state index contributed by atoms with van der Waals surface area (Å²) in [5, 5.41) is 8.30. The molecule has 0 bridgehead atoms. The molecule has 122 valence electrons. The van der Waals surface area contributed by atoms with Gasteiger partial charge in [0.2, 0.25) is 0 Å². The molecule has 3 heterocycles. The van der Waals surface area contributed by atoms with Crippen molar-refractivity contribution in [3.8, 4) is 0 Å². The molecule has 1 aliphatic rings. The Hall–Kier alpha value is -2.53. The monoisotopic (exact) mass is 322 g/mol. The number of rotatable bonds is 4. The quantitative estimate of drug-likeness (QED) is 0.803. The number of nitrogens with zero attached hydrogens (tertiary/aromatic N) is 3. The highest BCUT2D eigenvalue weighted by Crippen LogP contribution is 2.22. The van der Waals surface area contributed by atoms with Crippen LogP contribution in [0.4, 0.5) is 4.39 Å². The molecule has 4 rings (SSSR count). The first kappa shape index (κ1) is 15.0. The lowest BCUT2D eigenvalue weighted by molar-refractivity contribution is 0.582. The number of benzene rings is 1. The van der Waals surface area contributed by atoms with E-state index in [0.29, 0.717) is 0 Å². The number of hydrogen-bond donors (Lipinski definition) is 1. The lowest BCUT2D eigenvalue weighted by Gasteiger charge is -2.15. The number of fused-ring (bicyclic) bond motifs is 1. The molecule has 1 N–H and O–H groups in total. The van der Waals surface area contributed by atoms with Crippen molar-refractivity contribution in [2.24, 2.45) is 0 Å². The molecule has 0 fully saturated rings. The molecular formula is C19H19FN4. The highest BCUT2D eigenvalue weighted by atomic mass is 19.1. The lowest BCUT2D eigenvalue weighted by Crippen LogP contribution is -2.25. The van der Waals surface area contributed by atoms with Crippen LogP contribution in [0.3, 0.4) is 0 Å². The summed E-state index contributed by atoms with van der Waals surface area (Å²) in [6.45, 7) is 2.58. The van der Waals surface area contributed by atoms with Crippen LogP contribution in [0.25, 0.3) is 0 Å². The van der Waals surface area contributed by atoms with Crippen LogP contribution in [0.15, 0.2) is 48.8 Å². The normalized spacial score (nSPS) is 13.7. The Kier molecular flexibility index (Phi) is 4.09. The van der Waals surface area contributed by atoms with Gasteiger partial charge in [0.05, 0.1) is 12.2 Å². The first-order valence-electron chi connectivity index (χ1n) is 8.21. The summed E-state index contributed by atoms with van der Waals surface area (Å²) in [6.07, 6.45) is 5.34. The maximum Gasteiger partial charge on any atom is 0.123 e. The minimum absolute atomic E-state index is 0.203. The molecule has 0 atom stereocenters. The molecule has 0 saturated heterocycles. The third-order valence-electron chi connectivity index (χ3n) is 4.46. The van der Waals surface area contributed by atoms with Gasteiger partial charge in [0, 0.05) is 49.6 Å². The molecule has 4 nitrogen and oxygen atoms in total. The second-order valence-electron chi connectivity index (χ2n) is 6.12. The van der Waals surface area contributed by atoms with Gasteiger partial charge < -0.3 is 5.32 Å². The van der Waals surface area contributed by atoms with E-state index in [9.17, 15) is 4.39 Å². The molecule has 0 aliphatic carbocycles. The van der Waals surface area contributed by atoms with E-state index in [1.54, 1.807) is 0 Å². The predicted molar refractivity (Wildman–Crippen MR) is 90.2 cm³/mol. The van der Waals surface area contributed by atoms with Gasteiger partial charge in [-0.25, -0.2) is 4.39 Å². The van der Waals surface area contributed by atoms with Gasteiger partial charge in [-0.05, 0) is 35.4 Å². The maximum absolute atomic E-state index is 13.1. The molecule has 0 spiro atoms. The molecule has 1 aromatic carbocycles. The van der Waals surface area contributed by atoms with Crippen LogP contribution in [-0.4, -0.2) is 21.3 Å². The van der Waals surface area contributed by atoms with Crippen molar-refractivity contribution in [2.75, 3.05) is 6.54 Å². The Morgan fingerprint density at radius 1 is 1.04 bits per heavy atom. The summed E-state index contributed by atoms with van der Waals surface area (Å²) in [6, 6.07) is 10.7. The second kappa shape index (κ2) is 6.53. The fourth-order valence-corrected chi connectivity index (χ4v) is 3.22. The highest BCUT2D eigenvalue weighted by Gasteiger charge is 2.20. The van der Waals surface area contributed by atoms with E-state index in [-0.39, 0.29) is 5.82 Å². The number of hydrogen-bond acceptors (Lipinski definition) is 3. The van der Waals surface area contributed by atoms with Crippen LogP contribution in [0.1, 0.15) is 28.1 Å². The van der Waals surface area contributed by atoms with E-state index in [4.69, 9.17) is 5.10 Å². The number of nitrogens with one attached hydrogen (secondary N) is 1. The molecular weight excluding hydrogens is 303 g/mol. The fourth-order valence-electron chi connectivity index (χ4n) is 3.22. The van der Waals surface area contributed by atoms with Gasteiger partial charge in [0.1, 0.15) is 5.82 Å². The molecule has 2 aromatic heterocycles. The Morgan fingerprint density at radius 3 is 2.62 bits per heavy atom. The van der Waals surface area contributed by atoms with Crippen molar-refractivity contribution in [3.63, 3.8) is 0 Å². The summed E-state index contributed by atoms with van der Waals surface area (Å²) in [4.78, 5) is 4.07. The first-order chi connectivity index (χ1) is 11.8. The summed E-state index contributed by atoms with van der Waals surface area (Å²) < 4.78 is 15.2. The van der Waals surface area contributed by atoms with Crippen molar-refractivity contribution in [1.82, 2.24) is 20.1 Å². The van der Waals surface area contributed by atoms with Crippen LogP contribution in [0.5, 0.6) is 0 Å². The second-order valence-corrected chi connectivity index (χ2v) is 6.12. The molecule has 3 aromatic rings. The number of halogens is 1. The fraction of sp³-hybridized carbons (Fsp3) is 0.263. The summed E-state index contributed by atoms with van der Waals surface area (Å²) in [5.74, 6) is -0.203. The molecule has 5 heteroatoms. The van der Waals surface area contributed by atoms with Crippen molar-refractivity contribution in [2.45, 2.75) is 25.9 Å². The Morgan fingerprint density at radius 2 is 1.83 bits per heavy atom. The summed E-state index contributed by atoms with van der Waals surface area (Å²) >= 11 is 0. The van der Waals surface area contributed by atoms with Gasteiger partial charge in [-0.3, -0.25) is 9.67 Å². The topological polar surface area (TPSA) is 42.7 Å². The van der Waals surface area contributed by atoms with Crippen molar-refractivity contribution < 1.29 is 4.39 Å². The minimum Gasteiger partial charge on any atom is -0.312 e. The van der Waals surface area contributed by atoms with Crippen molar-refractivity contribution in [3.05, 3.63) is 82.7 Å². The standard InChI is InChI=1S/C19H19FN4/c20-16-3-1-14(2-4-16)11-18-17-12-22-10-7-19(17)24(23-18)13-15-5-8-21-9-6-15/h1-6,8-9,22H,7,10-13H2. The summed E-state index contributed by atoms with van der Waals surface area (Å²) in [7, 11) is 0. The van der Waals surface area contributed by atoms with Gasteiger partial charge in [0.25, 0.3) is 0 Å². The summed E-state index contributed by atoms with van der Waals surface area (Å²) in [5.41, 5.74) is 5.96. The van der Waals surface area contributed by atoms with E-state index >= 15 is 0 Å². The smallest absolute Gasteiger partial charge is 0.123 e. The van der Waals surface area contributed by atoms with E-state index in [1.807, 2.05) is 36.7 Å². The SMILES string of the molecule is Fc1ccc(Cc2nn(Cc3ccncc3)c3c2CNCC3)cc1. The highest BCUT2D eigenvalue weighted by molar-refractivity contribution is 5.33. The average Bonchev–Trinajstić information content (AvgIpc) is 2.96. The molecule has 0 unspecified atom stereocenters. The van der Waals surface area contributed by atoms with E-state index in [0.717, 1.165) is 43.7 Å². The third kappa shape index (κ3) is 3.08. The van der Waals surface area contributed by atoms with Crippen LogP contribution in [-0.2, 0) is 25.9 Å². The number of aromatic nitrogens is 3. The van der Waals surface area contributed by atoms with Gasteiger partial charge in [-0.1, -0.05) is 12.1 Å². The Bertz CT molecular complexity index is 825. The van der Waals surface area contributed by atoms with Gasteiger partial charge in [-0.2, -0.15) is 5.10 Å². The predicted octanol–water partition coefficient (Wildman–Crippen LogP) is 2.70. The van der Waals surface area contributed by atoms with Gasteiger partial charge >= 0.3 is 0 Å². The van der Waals surface area contributed by atoms with Crippen LogP contribution >= 0.6 is 0 Å². The zero-order valence-electron chi connectivity index (χ0n) is 13.4. The third-order valence-corrected chi connectivity index (χ3v) is 4.46. The molecule has 1 aliphatic heterocycles. The van der Waals surface area contributed by atoms with Gasteiger partial charge in [0.15, 0.2) is 0 Å². The first-order valence-corrected chi connectivity index (χ1v) is 8.21. The number of pyridine rings is 1. The molecule has 24 heavy (non-hydrogen) atoms. The zero-order chi connectivity index (χ0) is 16.4. The van der Waals surface area contributed by atoms with E-state index < -0.39 is 0 Å². The molecule has 0 radical (unpaired) electrons. The maximum atomic E-state index is 13.1. The van der Waals surface area contributed by atoms with Crippen molar-refractivity contribution >= 4 is 0 Å². The Labute approximate surface area is 140 Å². The minimum atomic E-state index is -0.203.